The molecule has 1 N–H and O–H groups in total. The van der Waals surface area contributed by atoms with Gasteiger partial charge in [-0.1, -0.05) is 39.2 Å². The zero-order valence-corrected chi connectivity index (χ0v) is 9.68. The van der Waals surface area contributed by atoms with Crippen molar-refractivity contribution in [3.05, 3.63) is 12.3 Å². The van der Waals surface area contributed by atoms with Gasteiger partial charge in [-0.25, -0.2) is 0 Å². The molecule has 14 heavy (non-hydrogen) atoms. The first kappa shape index (κ1) is 13.2. The number of allylic oxidation sites excluding steroid dienone is 1. The van der Waals surface area contributed by atoms with E-state index in [1.54, 1.807) is 6.20 Å². The number of rotatable bonds is 7. The quantitative estimate of drug-likeness (QED) is 0.624. The van der Waals surface area contributed by atoms with E-state index in [9.17, 15) is 4.79 Å². The smallest absolute Gasteiger partial charge is 0.220 e. The van der Waals surface area contributed by atoms with Crippen molar-refractivity contribution in [3.8, 4) is 0 Å². The van der Waals surface area contributed by atoms with E-state index in [0.29, 0.717) is 0 Å². The van der Waals surface area contributed by atoms with E-state index in [1.165, 1.54) is 32.6 Å². The van der Waals surface area contributed by atoms with Gasteiger partial charge >= 0.3 is 0 Å². The Hall–Kier alpha value is -0.790. The van der Waals surface area contributed by atoms with E-state index in [0.717, 1.165) is 12.3 Å². The molecule has 0 aliphatic heterocycles. The molecule has 82 valence electrons. The van der Waals surface area contributed by atoms with Crippen LogP contribution in [0.15, 0.2) is 12.3 Å². The highest BCUT2D eigenvalue weighted by Crippen LogP contribution is 2.09. The van der Waals surface area contributed by atoms with E-state index in [-0.39, 0.29) is 5.91 Å². The average Bonchev–Trinajstić information content (AvgIpc) is 2.08. The topological polar surface area (TPSA) is 29.1 Å². The second kappa shape index (κ2) is 8.79. The summed E-state index contributed by atoms with van der Waals surface area (Å²) in [6.45, 7) is 6.04. The number of carbonyl (C=O) groups excluding carboxylic acids is 1. The summed E-state index contributed by atoms with van der Waals surface area (Å²) in [6, 6.07) is 0. The van der Waals surface area contributed by atoms with Gasteiger partial charge in [-0.05, 0) is 25.0 Å². The lowest BCUT2D eigenvalue weighted by atomic mass is 10.0. The molecule has 0 aromatic rings. The van der Waals surface area contributed by atoms with Crippen molar-refractivity contribution >= 4 is 5.91 Å². The van der Waals surface area contributed by atoms with E-state index in [1.807, 2.05) is 6.08 Å². The number of amides is 1. The number of carbonyl (C=O) groups is 1. The molecule has 0 radical (unpaired) electrons. The summed E-state index contributed by atoms with van der Waals surface area (Å²) in [5, 5.41) is 2.64. The predicted molar refractivity (Wildman–Crippen MR) is 60.9 cm³/mol. The van der Waals surface area contributed by atoms with Gasteiger partial charge in [0.25, 0.3) is 0 Å². The number of unbranched alkanes of at least 4 members (excludes halogenated alkanes) is 3. The van der Waals surface area contributed by atoms with Crippen LogP contribution in [0.25, 0.3) is 0 Å². The molecule has 0 rings (SSSR count). The predicted octanol–water partition coefficient (Wildman–Crippen LogP) is 3.24. The lowest BCUT2D eigenvalue weighted by Crippen LogP contribution is -2.11. The SMILES string of the molecule is CC(=O)N/C=C\CCCCCC(C)C. The fourth-order valence-corrected chi connectivity index (χ4v) is 1.25. The second-order valence-electron chi connectivity index (χ2n) is 4.13. The van der Waals surface area contributed by atoms with Gasteiger partial charge in [-0.2, -0.15) is 0 Å². The van der Waals surface area contributed by atoms with E-state index < -0.39 is 0 Å². The van der Waals surface area contributed by atoms with Crippen LogP contribution in [0.3, 0.4) is 0 Å². The third kappa shape index (κ3) is 11.2. The lowest BCUT2D eigenvalue weighted by molar-refractivity contribution is -0.118. The summed E-state index contributed by atoms with van der Waals surface area (Å²) in [4.78, 5) is 10.5. The van der Waals surface area contributed by atoms with Crippen LogP contribution >= 0.6 is 0 Å². The van der Waals surface area contributed by atoms with Gasteiger partial charge < -0.3 is 5.32 Å². The maximum Gasteiger partial charge on any atom is 0.220 e. The normalized spacial score (nSPS) is 11.1. The Morgan fingerprint density at radius 2 is 2.00 bits per heavy atom. The first-order valence-electron chi connectivity index (χ1n) is 5.55. The number of hydrogen-bond acceptors (Lipinski definition) is 1. The molecule has 0 atom stereocenters. The zero-order chi connectivity index (χ0) is 10.8. The molecular weight excluding hydrogens is 174 g/mol. The molecule has 2 heteroatoms. The molecule has 0 unspecified atom stereocenters. The monoisotopic (exact) mass is 197 g/mol. The maximum atomic E-state index is 10.5. The minimum atomic E-state index is 0.000979. The first-order chi connectivity index (χ1) is 6.63. The zero-order valence-electron chi connectivity index (χ0n) is 9.68. The van der Waals surface area contributed by atoms with Gasteiger partial charge in [0.1, 0.15) is 0 Å². The Labute approximate surface area is 87.8 Å². The maximum absolute atomic E-state index is 10.5. The van der Waals surface area contributed by atoms with Gasteiger partial charge in [-0.15, -0.1) is 0 Å². The highest BCUT2D eigenvalue weighted by molar-refractivity contribution is 5.73. The molecule has 2 nitrogen and oxygen atoms in total. The van der Waals surface area contributed by atoms with E-state index in [2.05, 4.69) is 19.2 Å². The average molecular weight is 197 g/mol. The molecule has 0 saturated carbocycles. The summed E-state index contributed by atoms with van der Waals surface area (Å²) >= 11 is 0. The first-order valence-corrected chi connectivity index (χ1v) is 5.55. The number of hydrogen-bond donors (Lipinski definition) is 1. The molecule has 1 amide bonds. The van der Waals surface area contributed by atoms with Crippen LogP contribution in [-0.4, -0.2) is 5.91 Å². The summed E-state index contributed by atoms with van der Waals surface area (Å²) in [5.41, 5.74) is 0. The highest BCUT2D eigenvalue weighted by atomic mass is 16.1. The van der Waals surface area contributed by atoms with E-state index in [4.69, 9.17) is 0 Å². The Morgan fingerprint density at radius 3 is 2.57 bits per heavy atom. The molecule has 0 bridgehead atoms. The van der Waals surface area contributed by atoms with Crippen LogP contribution in [-0.2, 0) is 4.79 Å². The van der Waals surface area contributed by atoms with Crippen LogP contribution in [0.2, 0.25) is 0 Å². The Balaban J connectivity index is 3.13. The second-order valence-corrected chi connectivity index (χ2v) is 4.13. The third-order valence-corrected chi connectivity index (χ3v) is 2.06. The molecule has 0 saturated heterocycles. The van der Waals surface area contributed by atoms with Gasteiger partial charge in [0.05, 0.1) is 0 Å². The minimum absolute atomic E-state index is 0.000979. The van der Waals surface area contributed by atoms with Crippen molar-refractivity contribution in [1.29, 1.82) is 0 Å². The van der Waals surface area contributed by atoms with Crippen molar-refractivity contribution in [3.63, 3.8) is 0 Å². The van der Waals surface area contributed by atoms with Crippen molar-refractivity contribution < 1.29 is 4.79 Å². The molecule has 0 fully saturated rings. The van der Waals surface area contributed by atoms with Gasteiger partial charge in [-0.3, -0.25) is 4.79 Å². The summed E-state index contributed by atoms with van der Waals surface area (Å²) in [7, 11) is 0. The summed E-state index contributed by atoms with van der Waals surface area (Å²) in [6.07, 6.45) is 10.0. The standard InChI is InChI=1S/C12H23NO/c1-11(2)9-7-5-4-6-8-10-13-12(3)14/h8,10-11H,4-7,9H2,1-3H3,(H,13,14)/b10-8-. The third-order valence-electron chi connectivity index (χ3n) is 2.06. The molecule has 0 aliphatic carbocycles. The van der Waals surface area contributed by atoms with Crippen molar-refractivity contribution in [1.82, 2.24) is 5.32 Å². The molecule has 0 aliphatic rings. The fraction of sp³-hybridized carbons (Fsp3) is 0.750. The van der Waals surface area contributed by atoms with Gasteiger partial charge in [0.2, 0.25) is 5.91 Å². The Kier molecular flexibility index (Phi) is 8.30. The van der Waals surface area contributed by atoms with Crippen LogP contribution in [0.4, 0.5) is 0 Å². The minimum Gasteiger partial charge on any atom is -0.333 e. The Morgan fingerprint density at radius 1 is 1.29 bits per heavy atom. The molecule has 0 aromatic carbocycles. The molecular formula is C12H23NO. The molecule has 0 aromatic heterocycles. The van der Waals surface area contributed by atoms with Crippen LogP contribution < -0.4 is 5.32 Å². The van der Waals surface area contributed by atoms with E-state index >= 15 is 0 Å². The van der Waals surface area contributed by atoms with Crippen LogP contribution in [0, 0.1) is 5.92 Å². The number of nitrogens with one attached hydrogen (secondary N) is 1. The van der Waals surface area contributed by atoms with Crippen molar-refractivity contribution in [2.45, 2.75) is 52.9 Å². The molecule has 0 heterocycles. The fourth-order valence-electron chi connectivity index (χ4n) is 1.25. The van der Waals surface area contributed by atoms with Crippen molar-refractivity contribution in [2.75, 3.05) is 0 Å². The van der Waals surface area contributed by atoms with Gasteiger partial charge in [0, 0.05) is 6.92 Å². The van der Waals surface area contributed by atoms with Gasteiger partial charge in [0.15, 0.2) is 0 Å². The Bertz CT molecular complexity index is 173. The molecule has 0 spiro atoms. The van der Waals surface area contributed by atoms with Crippen LogP contribution in [0.5, 0.6) is 0 Å². The van der Waals surface area contributed by atoms with Crippen molar-refractivity contribution in [2.24, 2.45) is 5.92 Å². The summed E-state index contributed by atoms with van der Waals surface area (Å²) < 4.78 is 0. The largest absolute Gasteiger partial charge is 0.333 e. The lowest BCUT2D eigenvalue weighted by Gasteiger charge is -2.02. The summed E-state index contributed by atoms with van der Waals surface area (Å²) in [5.74, 6) is 0.825. The highest BCUT2D eigenvalue weighted by Gasteiger charge is 1.92. The van der Waals surface area contributed by atoms with Crippen LogP contribution in [0.1, 0.15) is 52.9 Å².